The molecule has 1 aliphatic heterocycles. The van der Waals surface area contributed by atoms with E-state index in [9.17, 15) is 18.0 Å². The summed E-state index contributed by atoms with van der Waals surface area (Å²) < 4.78 is 40.7. The van der Waals surface area contributed by atoms with Gasteiger partial charge in [-0.2, -0.15) is 0 Å². The SMILES string of the molecule is O=C(Nc1ccc(OC(F)(F)F)cc1)C1CCCN(c2ccc(-c3ccccc3)nn2)C1. The first-order chi connectivity index (χ1) is 15.4. The number of carbonyl (C=O) groups excluding carboxylic acids is 1. The maximum atomic E-state index is 12.7. The molecule has 1 saturated heterocycles. The second-order valence-corrected chi connectivity index (χ2v) is 7.49. The van der Waals surface area contributed by atoms with E-state index in [2.05, 4.69) is 20.3 Å². The Balaban J connectivity index is 1.36. The summed E-state index contributed by atoms with van der Waals surface area (Å²) in [6, 6.07) is 18.7. The van der Waals surface area contributed by atoms with Gasteiger partial charge in [-0.3, -0.25) is 4.79 Å². The van der Waals surface area contributed by atoms with Gasteiger partial charge >= 0.3 is 6.36 Å². The number of ether oxygens (including phenoxy) is 1. The van der Waals surface area contributed by atoms with Crippen molar-refractivity contribution in [1.29, 1.82) is 0 Å². The number of amides is 1. The number of carbonyl (C=O) groups is 1. The number of alkyl halides is 3. The molecule has 9 heteroatoms. The van der Waals surface area contributed by atoms with Crippen LogP contribution in [-0.2, 0) is 4.79 Å². The Bertz CT molecular complexity index is 1040. The molecule has 0 radical (unpaired) electrons. The highest BCUT2D eigenvalue weighted by atomic mass is 19.4. The maximum absolute atomic E-state index is 12.7. The van der Waals surface area contributed by atoms with Crippen LogP contribution in [-0.4, -0.2) is 35.6 Å². The van der Waals surface area contributed by atoms with Crippen molar-refractivity contribution >= 4 is 17.4 Å². The molecule has 166 valence electrons. The number of nitrogens with zero attached hydrogens (tertiary/aromatic N) is 3. The number of piperidine rings is 1. The number of hydrogen-bond acceptors (Lipinski definition) is 5. The number of anilines is 2. The minimum atomic E-state index is -4.75. The van der Waals surface area contributed by atoms with Crippen LogP contribution in [0.15, 0.2) is 66.7 Å². The van der Waals surface area contributed by atoms with Crippen molar-refractivity contribution in [2.45, 2.75) is 19.2 Å². The Morgan fingerprint density at radius 2 is 1.75 bits per heavy atom. The van der Waals surface area contributed by atoms with Gasteiger partial charge in [0.15, 0.2) is 5.82 Å². The molecule has 4 rings (SSSR count). The first-order valence-corrected chi connectivity index (χ1v) is 10.2. The molecule has 1 unspecified atom stereocenters. The van der Waals surface area contributed by atoms with Gasteiger partial charge in [-0.1, -0.05) is 30.3 Å². The van der Waals surface area contributed by atoms with Crippen molar-refractivity contribution in [1.82, 2.24) is 10.2 Å². The monoisotopic (exact) mass is 442 g/mol. The highest BCUT2D eigenvalue weighted by Gasteiger charge is 2.31. The Labute approximate surface area is 183 Å². The molecule has 0 spiro atoms. The van der Waals surface area contributed by atoms with Crippen LogP contribution in [0.3, 0.4) is 0 Å². The summed E-state index contributed by atoms with van der Waals surface area (Å²) in [7, 11) is 0. The third-order valence-corrected chi connectivity index (χ3v) is 5.19. The highest BCUT2D eigenvalue weighted by Crippen LogP contribution is 2.26. The van der Waals surface area contributed by atoms with Crippen LogP contribution in [0.2, 0.25) is 0 Å². The minimum absolute atomic E-state index is 0.187. The molecule has 1 N–H and O–H groups in total. The van der Waals surface area contributed by atoms with Gasteiger partial charge in [-0.25, -0.2) is 0 Å². The van der Waals surface area contributed by atoms with E-state index in [-0.39, 0.29) is 17.6 Å². The molecule has 1 amide bonds. The van der Waals surface area contributed by atoms with E-state index in [0.717, 1.165) is 24.2 Å². The molecular weight excluding hydrogens is 421 g/mol. The molecule has 6 nitrogen and oxygen atoms in total. The average molecular weight is 442 g/mol. The minimum Gasteiger partial charge on any atom is -0.406 e. The second kappa shape index (κ2) is 9.25. The fourth-order valence-corrected chi connectivity index (χ4v) is 3.64. The lowest BCUT2D eigenvalue weighted by molar-refractivity contribution is -0.274. The van der Waals surface area contributed by atoms with Gasteiger partial charge in [-0.15, -0.1) is 23.4 Å². The molecule has 0 saturated carbocycles. The van der Waals surface area contributed by atoms with E-state index in [4.69, 9.17) is 0 Å². The second-order valence-electron chi connectivity index (χ2n) is 7.49. The third kappa shape index (κ3) is 5.54. The Morgan fingerprint density at radius 3 is 2.41 bits per heavy atom. The van der Waals surface area contributed by atoms with Crippen LogP contribution >= 0.6 is 0 Å². The van der Waals surface area contributed by atoms with Gasteiger partial charge < -0.3 is 15.0 Å². The number of benzene rings is 2. The highest BCUT2D eigenvalue weighted by molar-refractivity contribution is 5.93. The zero-order chi connectivity index (χ0) is 22.6. The van der Waals surface area contributed by atoms with E-state index in [1.54, 1.807) is 0 Å². The van der Waals surface area contributed by atoms with Crippen LogP contribution in [0.1, 0.15) is 12.8 Å². The maximum Gasteiger partial charge on any atom is 0.573 e. The molecule has 3 aromatic rings. The molecular formula is C23H21F3N4O2. The fourth-order valence-electron chi connectivity index (χ4n) is 3.64. The lowest BCUT2D eigenvalue weighted by Crippen LogP contribution is -2.41. The summed E-state index contributed by atoms with van der Waals surface area (Å²) in [6.07, 6.45) is -3.22. The molecule has 2 aromatic carbocycles. The summed E-state index contributed by atoms with van der Waals surface area (Å²) in [4.78, 5) is 14.7. The Kier molecular flexibility index (Phi) is 6.25. The lowest BCUT2D eigenvalue weighted by atomic mass is 9.97. The van der Waals surface area contributed by atoms with Gasteiger partial charge in [0.2, 0.25) is 5.91 Å². The fraction of sp³-hybridized carbons (Fsp3) is 0.261. The van der Waals surface area contributed by atoms with Crippen LogP contribution in [0.25, 0.3) is 11.3 Å². The molecule has 0 bridgehead atoms. The topological polar surface area (TPSA) is 67.3 Å². The van der Waals surface area contributed by atoms with Crippen molar-refractivity contribution < 1.29 is 22.7 Å². The predicted octanol–water partition coefficient (Wildman–Crippen LogP) is 4.90. The lowest BCUT2D eigenvalue weighted by Gasteiger charge is -2.32. The van der Waals surface area contributed by atoms with Gasteiger partial charge in [0.05, 0.1) is 11.6 Å². The van der Waals surface area contributed by atoms with Crippen LogP contribution in [0.4, 0.5) is 24.7 Å². The number of rotatable bonds is 5. The summed E-state index contributed by atoms with van der Waals surface area (Å²) in [6.45, 7) is 1.26. The molecule has 1 atom stereocenters. The smallest absolute Gasteiger partial charge is 0.406 e. The van der Waals surface area contributed by atoms with Crippen LogP contribution < -0.4 is 15.0 Å². The standard InChI is InChI=1S/C23H21F3N4O2/c24-23(25,26)32-19-10-8-18(9-11-19)27-22(31)17-7-4-14-30(15-17)21-13-12-20(28-29-21)16-5-2-1-3-6-16/h1-3,5-6,8-13,17H,4,7,14-15H2,(H,27,31). The van der Waals surface area contributed by atoms with Crippen molar-refractivity contribution in [2.24, 2.45) is 5.92 Å². The van der Waals surface area contributed by atoms with Gasteiger partial charge in [0.1, 0.15) is 5.75 Å². The first-order valence-electron chi connectivity index (χ1n) is 10.2. The Morgan fingerprint density at radius 1 is 1.00 bits per heavy atom. The normalized spacial score (nSPS) is 16.5. The number of halogens is 3. The van der Waals surface area contributed by atoms with Crippen LogP contribution in [0.5, 0.6) is 5.75 Å². The Hall–Kier alpha value is -3.62. The van der Waals surface area contributed by atoms with E-state index >= 15 is 0 Å². The molecule has 2 heterocycles. The van der Waals surface area contributed by atoms with E-state index < -0.39 is 6.36 Å². The molecule has 1 fully saturated rings. The zero-order valence-electron chi connectivity index (χ0n) is 17.0. The number of aromatic nitrogens is 2. The van der Waals surface area contributed by atoms with Crippen molar-refractivity contribution in [2.75, 3.05) is 23.3 Å². The van der Waals surface area contributed by atoms with E-state index in [0.29, 0.717) is 24.5 Å². The summed E-state index contributed by atoms with van der Waals surface area (Å²) >= 11 is 0. The summed E-state index contributed by atoms with van der Waals surface area (Å²) in [5.41, 5.74) is 2.17. The quantitative estimate of drug-likeness (QED) is 0.609. The van der Waals surface area contributed by atoms with Crippen molar-refractivity contribution in [3.8, 4) is 17.0 Å². The predicted molar refractivity (Wildman–Crippen MR) is 114 cm³/mol. The summed E-state index contributed by atoms with van der Waals surface area (Å²) in [5.74, 6) is -0.0915. The van der Waals surface area contributed by atoms with Crippen molar-refractivity contribution in [3.63, 3.8) is 0 Å². The third-order valence-electron chi connectivity index (χ3n) is 5.19. The largest absolute Gasteiger partial charge is 0.573 e. The number of nitrogens with one attached hydrogen (secondary N) is 1. The summed E-state index contributed by atoms with van der Waals surface area (Å²) in [5, 5.41) is 11.4. The van der Waals surface area contributed by atoms with E-state index in [1.165, 1.54) is 24.3 Å². The number of hydrogen-bond donors (Lipinski definition) is 1. The van der Waals surface area contributed by atoms with Crippen LogP contribution in [0, 0.1) is 5.92 Å². The molecule has 1 aromatic heterocycles. The molecule has 1 aliphatic rings. The molecule has 32 heavy (non-hydrogen) atoms. The van der Waals surface area contributed by atoms with Crippen molar-refractivity contribution in [3.05, 3.63) is 66.7 Å². The average Bonchev–Trinajstić information content (AvgIpc) is 2.80. The van der Waals surface area contributed by atoms with Gasteiger partial charge in [0.25, 0.3) is 0 Å². The van der Waals surface area contributed by atoms with E-state index in [1.807, 2.05) is 47.4 Å². The van der Waals surface area contributed by atoms with Gasteiger partial charge in [-0.05, 0) is 49.2 Å². The first kappa shape index (κ1) is 21.6. The van der Waals surface area contributed by atoms with Gasteiger partial charge in [0, 0.05) is 24.3 Å². The molecule has 0 aliphatic carbocycles. The zero-order valence-corrected chi connectivity index (χ0v) is 17.0.